The number of fused-ring (bicyclic) bond motifs is 1. The molecule has 2 heterocycles. The molecule has 0 unspecified atom stereocenters. The summed E-state index contributed by atoms with van der Waals surface area (Å²) in [7, 11) is 0. The zero-order valence-corrected chi connectivity index (χ0v) is 12.8. The van der Waals surface area contributed by atoms with E-state index in [9.17, 15) is 0 Å². The second kappa shape index (κ2) is 7.10. The molecule has 2 rings (SSSR count). The summed E-state index contributed by atoms with van der Waals surface area (Å²) in [5.74, 6) is 2.07. The molecule has 4 nitrogen and oxygen atoms in total. The summed E-state index contributed by atoms with van der Waals surface area (Å²) in [6.45, 7) is 10.4. The van der Waals surface area contributed by atoms with Gasteiger partial charge in [-0.3, -0.25) is 0 Å². The van der Waals surface area contributed by atoms with Crippen LogP contribution in [0.25, 0.3) is 0 Å². The van der Waals surface area contributed by atoms with Gasteiger partial charge in [0.05, 0.1) is 0 Å². The average molecular weight is 280 g/mol. The summed E-state index contributed by atoms with van der Waals surface area (Å²) in [6, 6.07) is 0.506. The van der Waals surface area contributed by atoms with E-state index in [2.05, 4.69) is 40.5 Å². The molecule has 0 aliphatic carbocycles. The lowest BCUT2D eigenvalue weighted by molar-refractivity contribution is 0.591. The van der Waals surface area contributed by atoms with Crippen LogP contribution in [0.2, 0.25) is 0 Å². The van der Waals surface area contributed by atoms with Crippen molar-refractivity contribution in [3.05, 3.63) is 18.0 Å². The Morgan fingerprint density at radius 1 is 1.37 bits per heavy atom. The van der Waals surface area contributed by atoms with Gasteiger partial charge in [-0.05, 0) is 12.8 Å². The Hall–Kier alpha value is -0.810. The lowest BCUT2D eigenvalue weighted by atomic mass is 10.2. The van der Waals surface area contributed by atoms with Gasteiger partial charge in [0.25, 0.3) is 0 Å². The fourth-order valence-corrected chi connectivity index (χ4v) is 3.02. The Labute approximate surface area is 120 Å². The van der Waals surface area contributed by atoms with Crippen molar-refractivity contribution < 1.29 is 0 Å². The van der Waals surface area contributed by atoms with Crippen LogP contribution in [0, 0.1) is 0 Å². The van der Waals surface area contributed by atoms with Crippen LogP contribution in [0.4, 0.5) is 0 Å². The predicted molar refractivity (Wildman–Crippen MR) is 80.6 cm³/mol. The van der Waals surface area contributed by atoms with Gasteiger partial charge in [0.2, 0.25) is 0 Å². The van der Waals surface area contributed by atoms with E-state index in [0.717, 1.165) is 36.2 Å². The Morgan fingerprint density at radius 2 is 2.21 bits per heavy atom. The molecule has 1 aromatic rings. The van der Waals surface area contributed by atoms with E-state index in [1.165, 1.54) is 24.8 Å². The van der Waals surface area contributed by atoms with Crippen molar-refractivity contribution in [2.24, 2.45) is 0 Å². The van der Waals surface area contributed by atoms with Gasteiger partial charge in [0.15, 0.2) is 5.16 Å². The zero-order valence-electron chi connectivity index (χ0n) is 12.0. The standard InChI is InChI=1S/C14H24N4S/c1-11(2)15-9-12(3)10-19-14-17-16-13-7-5-4-6-8-18(13)14/h11,15H,3-10H2,1-2H3. The normalized spacial score (nSPS) is 15.3. The van der Waals surface area contributed by atoms with Crippen LogP contribution < -0.4 is 5.32 Å². The molecule has 1 aliphatic rings. The first-order chi connectivity index (χ1) is 9.16. The minimum absolute atomic E-state index is 0.506. The molecule has 0 fully saturated rings. The van der Waals surface area contributed by atoms with Crippen molar-refractivity contribution in [1.29, 1.82) is 0 Å². The highest BCUT2D eigenvalue weighted by atomic mass is 32.2. The smallest absolute Gasteiger partial charge is 0.191 e. The van der Waals surface area contributed by atoms with Gasteiger partial charge in [-0.2, -0.15) is 0 Å². The van der Waals surface area contributed by atoms with Crippen molar-refractivity contribution in [2.45, 2.75) is 57.3 Å². The van der Waals surface area contributed by atoms with Gasteiger partial charge >= 0.3 is 0 Å². The maximum absolute atomic E-state index is 4.32. The van der Waals surface area contributed by atoms with E-state index in [-0.39, 0.29) is 0 Å². The van der Waals surface area contributed by atoms with Crippen LogP contribution in [-0.2, 0) is 13.0 Å². The van der Waals surface area contributed by atoms with Crippen molar-refractivity contribution in [2.75, 3.05) is 12.3 Å². The van der Waals surface area contributed by atoms with Gasteiger partial charge in [-0.1, -0.05) is 44.2 Å². The number of aryl methyl sites for hydroxylation is 1. The van der Waals surface area contributed by atoms with Crippen LogP contribution in [0.3, 0.4) is 0 Å². The Bertz CT molecular complexity index is 425. The predicted octanol–water partition coefficient (Wildman–Crippen LogP) is 2.65. The summed E-state index contributed by atoms with van der Waals surface area (Å²) in [4.78, 5) is 0. The molecule has 0 atom stereocenters. The highest BCUT2D eigenvalue weighted by Gasteiger charge is 2.14. The minimum atomic E-state index is 0.506. The summed E-state index contributed by atoms with van der Waals surface area (Å²) < 4.78 is 2.29. The Morgan fingerprint density at radius 3 is 3.00 bits per heavy atom. The molecule has 0 spiro atoms. The van der Waals surface area contributed by atoms with E-state index in [1.807, 2.05) is 0 Å². The van der Waals surface area contributed by atoms with Gasteiger partial charge < -0.3 is 9.88 Å². The second-order valence-corrected chi connectivity index (χ2v) is 6.38. The molecule has 5 heteroatoms. The van der Waals surface area contributed by atoms with Crippen LogP contribution in [0.15, 0.2) is 17.3 Å². The lowest BCUT2D eigenvalue weighted by Gasteiger charge is -2.10. The summed E-state index contributed by atoms with van der Waals surface area (Å²) in [5.41, 5.74) is 1.21. The first-order valence-electron chi connectivity index (χ1n) is 7.11. The molecule has 0 bridgehead atoms. The molecule has 19 heavy (non-hydrogen) atoms. The SMILES string of the molecule is C=C(CNC(C)C)CSc1nnc2n1CCCCC2. The maximum Gasteiger partial charge on any atom is 0.191 e. The third-order valence-corrected chi connectivity index (χ3v) is 4.35. The van der Waals surface area contributed by atoms with Crippen LogP contribution in [0.5, 0.6) is 0 Å². The zero-order chi connectivity index (χ0) is 13.7. The summed E-state index contributed by atoms with van der Waals surface area (Å²) in [5, 5.41) is 13.1. The van der Waals surface area contributed by atoms with Crippen molar-refractivity contribution in [1.82, 2.24) is 20.1 Å². The molecule has 0 saturated heterocycles. The monoisotopic (exact) mass is 280 g/mol. The number of aromatic nitrogens is 3. The number of rotatable bonds is 6. The molecule has 0 radical (unpaired) electrons. The highest BCUT2D eigenvalue weighted by molar-refractivity contribution is 7.99. The number of nitrogens with one attached hydrogen (secondary N) is 1. The van der Waals surface area contributed by atoms with E-state index in [4.69, 9.17) is 0 Å². The van der Waals surface area contributed by atoms with Crippen LogP contribution in [0.1, 0.15) is 38.9 Å². The number of thioether (sulfide) groups is 1. The Kier molecular flexibility index (Phi) is 5.45. The lowest BCUT2D eigenvalue weighted by Crippen LogP contribution is -2.25. The molecule has 0 amide bonds. The third-order valence-electron chi connectivity index (χ3n) is 3.24. The van der Waals surface area contributed by atoms with Crippen LogP contribution in [-0.4, -0.2) is 33.1 Å². The van der Waals surface area contributed by atoms with E-state index >= 15 is 0 Å². The van der Waals surface area contributed by atoms with Gasteiger partial charge in [0.1, 0.15) is 5.82 Å². The molecule has 0 aromatic carbocycles. The highest BCUT2D eigenvalue weighted by Crippen LogP contribution is 2.22. The summed E-state index contributed by atoms with van der Waals surface area (Å²) in [6.07, 6.45) is 4.87. The third kappa shape index (κ3) is 4.35. The van der Waals surface area contributed by atoms with E-state index in [1.54, 1.807) is 11.8 Å². The molecular formula is C14H24N4S. The maximum atomic E-state index is 4.32. The van der Waals surface area contributed by atoms with Gasteiger partial charge in [-0.15, -0.1) is 10.2 Å². The number of hydrogen-bond donors (Lipinski definition) is 1. The van der Waals surface area contributed by atoms with Gasteiger partial charge in [-0.25, -0.2) is 0 Å². The Balaban J connectivity index is 1.86. The topological polar surface area (TPSA) is 42.7 Å². The molecule has 1 aliphatic heterocycles. The number of hydrogen-bond acceptors (Lipinski definition) is 4. The van der Waals surface area contributed by atoms with Crippen molar-refractivity contribution in [3.63, 3.8) is 0 Å². The number of nitrogens with zero attached hydrogens (tertiary/aromatic N) is 3. The quantitative estimate of drug-likeness (QED) is 0.642. The van der Waals surface area contributed by atoms with Crippen molar-refractivity contribution >= 4 is 11.8 Å². The molecular weight excluding hydrogens is 256 g/mol. The first kappa shape index (κ1) is 14.6. The summed E-state index contributed by atoms with van der Waals surface area (Å²) >= 11 is 1.76. The van der Waals surface area contributed by atoms with E-state index < -0.39 is 0 Å². The fraction of sp³-hybridized carbons (Fsp3) is 0.714. The largest absolute Gasteiger partial charge is 0.311 e. The molecule has 106 valence electrons. The second-order valence-electron chi connectivity index (χ2n) is 5.44. The van der Waals surface area contributed by atoms with Crippen molar-refractivity contribution in [3.8, 4) is 0 Å². The minimum Gasteiger partial charge on any atom is -0.311 e. The van der Waals surface area contributed by atoms with Crippen LogP contribution >= 0.6 is 11.8 Å². The molecule has 0 saturated carbocycles. The average Bonchev–Trinajstić information content (AvgIpc) is 2.61. The molecule has 1 N–H and O–H groups in total. The first-order valence-corrected chi connectivity index (χ1v) is 8.10. The molecule has 1 aromatic heterocycles. The van der Waals surface area contributed by atoms with Gasteiger partial charge in [0, 0.05) is 31.3 Å². The fourth-order valence-electron chi connectivity index (χ4n) is 2.13. The van der Waals surface area contributed by atoms with E-state index in [0.29, 0.717) is 6.04 Å².